The second kappa shape index (κ2) is 7.88. The summed E-state index contributed by atoms with van der Waals surface area (Å²) < 4.78 is 40.2. The van der Waals surface area contributed by atoms with Gasteiger partial charge in [-0.25, -0.2) is 27.5 Å². The van der Waals surface area contributed by atoms with Crippen molar-refractivity contribution in [3.05, 3.63) is 54.1 Å². The number of hydrogen-bond donors (Lipinski definition) is 1. The Morgan fingerprint density at radius 3 is 2.56 bits per heavy atom. The number of halogens is 1. The molecule has 0 aliphatic carbocycles. The number of anilines is 1. The Morgan fingerprint density at radius 2 is 1.88 bits per heavy atom. The van der Waals surface area contributed by atoms with Crippen molar-refractivity contribution in [2.45, 2.75) is 18.6 Å². The Labute approximate surface area is 147 Å². The van der Waals surface area contributed by atoms with Crippen molar-refractivity contribution in [1.82, 2.24) is 14.7 Å². The third kappa shape index (κ3) is 5.20. The zero-order valence-corrected chi connectivity index (χ0v) is 14.6. The molecule has 8 heteroatoms. The van der Waals surface area contributed by atoms with E-state index in [9.17, 15) is 12.8 Å². The van der Waals surface area contributed by atoms with Crippen LogP contribution in [0.4, 0.5) is 10.3 Å². The van der Waals surface area contributed by atoms with E-state index in [2.05, 4.69) is 19.6 Å². The van der Waals surface area contributed by atoms with Crippen LogP contribution >= 0.6 is 0 Å². The van der Waals surface area contributed by atoms with Gasteiger partial charge in [-0.3, -0.25) is 0 Å². The molecular weight excluding hydrogens is 343 g/mol. The van der Waals surface area contributed by atoms with Crippen LogP contribution in [0.25, 0.3) is 0 Å². The van der Waals surface area contributed by atoms with Gasteiger partial charge in [0.15, 0.2) is 0 Å². The van der Waals surface area contributed by atoms with Crippen LogP contribution < -0.4 is 9.62 Å². The lowest BCUT2D eigenvalue weighted by atomic mass is 9.97. The molecule has 6 nitrogen and oxygen atoms in total. The highest BCUT2D eigenvalue weighted by Gasteiger charge is 2.22. The lowest BCUT2D eigenvalue weighted by Gasteiger charge is -2.31. The predicted octanol–water partition coefficient (Wildman–Crippen LogP) is 1.95. The van der Waals surface area contributed by atoms with Gasteiger partial charge in [0.1, 0.15) is 5.82 Å². The summed E-state index contributed by atoms with van der Waals surface area (Å²) in [6.45, 7) is 2.02. The fourth-order valence-corrected chi connectivity index (χ4v) is 4.14. The third-order valence-electron chi connectivity index (χ3n) is 4.29. The van der Waals surface area contributed by atoms with Crippen molar-refractivity contribution in [3.63, 3.8) is 0 Å². The SMILES string of the molecule is O=S(=O)(Cc1cccc(F)c1)NCC1CCN(c2ncccn2)CC1. The van der Waals surface area contributed by atoms with Crippen molar-refractivity contribution < 1.29 is 12.8 Å². The topological polar surface area (TPSA) is 75.2 Å². The first-order valence-electron chi connectivity index (χ1n) is 8.25. The summed E-state index contributed by atoms with van der Waals surface area (Å²) >= 11 is 0. The molecule has 134 valence electrons. The van der Waals surface area contributed by atoms with E-state index >= 15 is 0 Å². The molecule has 0 bridgehead atoms. The maximum atomic E-state index is 13.2. The molecule has 25 heavy (non-hydrogen) atoms. The van der Waals surface area contributed by atoms with E-state index < -0.39 is 15.8 Å². The highest BCUT2D eigenvalue weighted by atomic mass is 32.2. The average Bonchev–Trinajstić information content (AvgIpc) is 2.61. The largest absolute Gasteiger partial charge is 0.341 e. The third-order valence-corrected chi connectivity index (χ3v) is 5.61. The summed E-state index contributed by atoms with van der Waals surface area (Å²) in [5, 5.41) is 0. The molecule has 1 fully saturated rings. The number of hydrogen-bond acceptors (Lipinski definition) is 5. The summed E-state index contributed by atoms with van der Waals surface area (Å²) in [6.07, 6.45) is 5.19. The van der Waals surface area contributed by atoms with Gasteiger partial charge >= 0.3 is 0 Å². The molecule has 0 amide bonds. The van der Waals surface area contributed by atoms with Gasteiger partial charge in [0.05, 0.1) is 5.75 Å². The van der Waals surface area contributed by atoms with E-state index in [-0.39, 0.29) is 11.7 Å². The summed E-state index contributed by atoms with van der Waals surface area (Å²) in [5.41, 5.74) is 0.448. The number of nitrogens with one attached hydrogen (secondary N) is 1. The predicted molar refractivity (Wildman–Crippen MR) is 94.0 cm³/mol. The van der Waals surface area contributed by atoms with E-state index in [1.807, 2.05) is 0 Å². The van der Waals surface area contributed by atoms with Gasteiger partial charge in [-0.15, -0.1) is 0 Å². The molecule has 0 saturated carbocycles. The van der Waals surface area contributed by atoms with Crippen LogP contribution in [0, 0.1) is 11.7 Å². The minimum Gasteiger partial charge on any atom is -0.341 e. The number of aromatic nitrogens is 2. The molecule has 0 atom stereocenters. The molecule has 1 N–H and O–H groups in total. The Hall–Kier alpha value is -2.06. The Balaban J connectivity index is 1.47. The maximum Gasteiger partial charge on any atom is 0.225 e. The minimum absolute atomic E-state index is 0.207. The summed E-state index contributed by atoms with van der Waals surface area (Å²) in [4.78, 5) is 10.6. The number of rotatable bonds is 6. The second-order valence-corrected chi connectivity index (χ2v) is 8.02. The van der Waals surface area contributed by atoms with E-state index in [1.165, 1.54) is 18.2 Å². The van der Waals surface area contributed by atoms with Crippen LogP contribution in [-0.4, -0.2) is 38.0 Å². The van der Waals surface area contributed by atoms with Crippen molar-refractivity contribution in [1.29, 1.82) is 0 Å². The number of piperidine rings is 1. The second-order valence-electron chi connectivity index (χ2n) is 6.22. The summed E-state index contributed by atoms with van der Waals surface area (Å²) in [5.74, 6) is 0.361. The zero-order valence-electron chi connectivity index (χ0n) is 13.8. The van der Waals surface area contributed by atoms with Crippen LogP contribution in [0.15, 0.2) is 42.7 Å². The van der Waals surface area contributed by atoms with Crippen molar-refractivity contribution in [3.8, 4) is 0 Å². The van der Waals surface area contributed by atoms with Crippen LogP contribution in [0.1, 0.15) is 18.4 Å². The summed E-state index contributed by atoms with van der Waals surface area (Å²) in [6, 6.07) is 7.46. The zero-order chi connectivity index (χ0) is 17.7. The van der Waals surface area contributed by atoms with E-state index in [1.54, 1.807) is 24.5 Å². The van der Waals surface area contributed by atoms with E-state index in [0.29, 0.717) is 18.1 Å². The number of benzene rings is 1. The van der Waals surface area contributed by atoms with Gasteiger partial charge < -0.3 is 4.90 Å². The first-order valence-corrected chi connectivity index (χ1v) is 9.91. The molecule has 3 rings (SSSR count). The molecule has 0 unspecified atom stereocenters. The Kier molecular flexibility index (Phi) is 5.60. The van der Waals surface area contributed by atoms with Gasteiger partial charge in [0.2, 0.25) is 16.0 Å². The molecule has 0 spiro atoms. The van der Waals surface area contributed by atoms with Gasteiger partial charge in [-0.05, 0) is 42.5 Å². The average molecular weight is 364 g/mol. The molecule has 1 aromatic heterocycles. The molecule has 0 radical (unpaired) electrons. The fraction of sp³-hybridized carbons (Fsp3) is 0.412. The number of nitrogens with zero attached hydrogens (tertiary/aromatic N) is 3. The molecule has 1 aromatic carbocycles. The van der Waals surface area contributed by atoms with E-state index in [0.717, 1.165) is 25.9 Å². The first kappa shape index (κ1) is 17.8. The number of sulfonamides is 1. The minimum atomic E-state index is -3.47. The van der Waals surface area contributed by atoms with E-state index in [4.69, 9.17) is 0 Å². The highest BCUT2D eigenvalue weighted by Crippen LogP contribution is 2.20. The lowest BCUT2D eigenvalue weighted by Crippen LogP contribution is -2.39. The molecule has 1 aliphatic heterocycles. The van der Waals surface area contributed by atoms with Crippen LogP contribution in [0.3, 0.4) is 0 Å². The Morgan fingerprint density at radius 1 is 1.16 bits per heavy atom. The molecule has 1 aliphatic rings. The normalized spacial score (nSPS) is 16.1. The summed E-state index contributed by atoms with van der Waals surface area (Å²) in [7, 11) is -3.47. The van der Waals surface area contributed by atoms with Gasteiger partial charge in [-0.2, -0.15) is 0 Å². The van der Waals surface area contributed by atoms with Gasteiger partial charge in [0, 0.05) is 32.0 Å². The quantitative estimate of drug-likeness (QED) is 0.848. The van der Waals surface area contributed by atoms with Crippen molar-refractivity contribution in [2.24, 2.45) is 5.92 Å². The van der Waals surface area contributed by atoms with Crippen LogP contribution in [-0.2, 0) is 15.8 Å². The fourth-order valence-electron chi connectivity index (χ4n) is 2.93. The molecular formula is C17H21FN4O2S. The maximum absolute atomic E-state index is 13.2. The molecule has 1 saturated heterocycles. The van der Waals surface area contributed by atoms with Gasteiger partial charge in [-0.1, -0.05) is 12.1 Å². The lowest BCUT2D eigenvalue weighted by molar-refractivity contribution is 0.399. The Bertz CT molecular complexity index is 793. The smallest absolute Gasteiger partial charge is 0.225 e. The monoisotopic (exact) mass is 364 g/mol. The molecule has 2 heterocycles. The standard InChI is InChI=1S/C17H21FN4O2S/c18-16-4-1-3-15(11-16)13-25(23,24)21-12-14-5-9-22(10-6-14)17-19-7-2-8-20-17/h1-4,7-8,11,14,21H,5-6,9-10,12-13H2. The van der Waals surface area contributed by atoms with Gasteiger partial charge in [0.25, 0.3) is 0 Å². The van der Waals surface area contributed by atoms with Crippen LogP contribution in [0.5, 0.6) is 0 Å². The van der Waals surface area contributed by atoms with Crippen molar-refractivity contribution in [2.75, 3.05) is 24.5 Å². The first-order chi connectivity index (χ1) is 12.0. The molecule has 2 aromatic rings. The van der Waals surface area contributed by atoms with Crippen molar-refractivity contribution >= 4 is 16.0 Å². The van der Waals surface area contributed by atoms with Crippen LogP contribution in [0.2, 0.25) is 0 Å². The highest BCUT2D eigenvalue weighted by molar-refractivity contribution is 7.88.